The van der Waals surface area contributed by atoms with Crippen LogP contribution in [0.1, 0.15) is 138 Å². The maximum Gasteiger partial charge on any atom is 0.163 e. The van der Waals surface area contributed by atoms with Crippen LogP contribution >= 0.6 is 0 Å². The molecule has 0 fully saturated rings. The van der Waals surface area contributed by atoms with Crippen LogP contribution in [-0.4, -0.2) is 23.1 Å². The largest absolute Gasteiger partial charge is 0.300 e. The molecule has 0 heterocycles. The van der Waals surface area contributed by atoms with Gasteiger partial charge in [0.2, 0.25) is 0 Å². The molecule has 4 nitrogen and oxygen atoms in total. The van der Waals surface area contributed by atoms with Gasteiger partial charge in [-0.3, -0.25) is 19.2 Å². The second kappa shape index (κ2) is 17.3. The fraction of sp³-hybridized carbons (Fsp3) is 0.579. The Morgan fingerprint density at radius 3 is 2.14 bits per heavy atom. The van der Waals surface area contributed by atoms with E-state index in [1.165, 1.54) is 18.9 Å². The van der Waals surface area contributed by atoms with Crippen molar-refractivity contribution in [3.63, 3.8) is 0 Å². The average Bonchev–Trinajstić information content (AvgIpc) is 2.91. The van der Waals surface area contributed by atoms with Crippen LogP contribution < -0.4 is 0 Å². The molecule has 4 heteroatoms. The van der Waals surface area contributed by atoms with Gasteiger partial charge in [-0.25, -0.2) is 0 Å². The van der Waals surface area contributed by atoms with E-state index in [2.05, 4.69) is 40.7 Å². The van der Waals surface area contributed by atoms with E-state index in [-0.39, 0.29) is 53.2 Å². The Balaban J connectivity index is 0.00000197. The highest BCUT2D eigenvalue weighted by molar-refractivity contribution is 6.01. The van der Waals surface area contributed by atoms with Crippen molar-refractivity contribution in [2.45, 2.75) is 126 Å². The van der Waals surface area contributed by atoms with Crippen LogP contribution in [0.2, 0.25) is 0 Å². The van der Waals surface area contributed by atoms with Gasteiger partial charge in [0.05, 0.1) is 6.42 Å². The SMILES string of the molecule is CCC.CCCC(CC1CC(=O)c2c(C)c(CC(=O)Cc3ccccc3)cc(C(C)C)c2C1)C(CC)C(=O)CC(C)=O. The third-order valence-electron chi connectivity index (χ3n) is 8.48. The minimum absolute atomic E-state index is 0.00755. The zero-order valence-electron chi connectivity index (χ0n) is 27.5. The van der Waals surface area contributed by atoms with Crippen molar-refractivity contribution >= 4 is 23.1 Å². The highest BCUT2D eigenvalue weighted by atomic mass is 16.1. The van der Waals surface area contributed by atoms with E-state index >= 15 is 0 Å². The molecule has 0 aromatic heterocycles. The van der Waals surface area contributed by atoms with E-state index in [0.29, 0.717) is 19.3 Å². The van der Waals surface area contributed by atoms with Crippen LogP contribution in [0, 0.1) is 24.7 Å². The van der Waals surface area contributed by atoms with Gasteiger partial charge in [-0.15, -0.1) is 0 Å². The smallest absolute Gasteiger partial charge is 0.163 e. The van der Waals surface area contributed by atoms with Crippen molar-refractivity contribution < 1.29 is 19.2 Å². The Morgan fingerprint density at radius 1 is 0.952 bits per heavy atom. The van der Waals surface area contributed by atoms with Gasteiger partial charge in [0.15, 0.2) is 5.78 Å². The lowest BCUT2D eigenvalue weighted by Crippen LogP contribution is -2.30. The zero-order chi connectivity index (χ0) is 31.4. The maximum atomic E-state index is 13.7. The quantitative estimate of drug-likeness (QED) is 0.211. The predicted molar refractivity (Wildman–Crippen MR) is 173 cm³/mol. The Hall–Kier alpha value is -2.88. The summed E-state index contributed by atoms with van der Waals surface area (Å²) < 4.78 is 0. The molecule has 0 bridgehead atoms. The molecule has 0 spiro atoms. The van der Waals surface area contributed by atoms with Gasteiger partial charge < -0.3 is 0 Å². The Labute approximate surface area is 255 Å². The van der Waals surface area contributed by atoms with E-state index in [0.717, 1.165) is 59.9 Å². The molecule has 0 N–H and O–H groups in total. The number of hydrogen-bond acceptors (Lipinski definition) is 4. The lowest BCUT2D eigenvalue weighted by Gasteiger charge is -2.33. The first kappa shape index (κ1) is 35.3. The molecule has 2 aromatic carbocycles. The number of fused-ring (bicyclic) bond motifs is 1. The predicted octanol–water partition coefficient (Wildman–Crippen LogP) is 9.01. The molecule has 0 aliphatic heterocycles. The molecule has 230 valence electrons. The first-order valence-electron chi connectivity index (χ1n) is 16.2. The van der Waals surface area contributed by atoms with Gasteiger partial charge in [0.1, 0.15) is 17.3 Å². The number of ketones is 4. The van der Waals surface area contributed by atoms with Crippen LogP contribution in [0.5, 0.6) is 0 Å². The fourth-order valence-electron chi connectivity index (χ4n) is 6.68. The molecule has 2 aromatic rings. The number of rotatable bonds is 14. The van der Waals surface area contributed by atoms with Gasteiger partial charge in [0, 0.05) is 30.7 Å². The molecule has 0 radical (unpaired) electrons. The molecule has 1 aliphatic rings. The third-order valence-corrected chi connectivity index (χ3v) is 8.48. The molecule has 3 rings (SSSR count). The van der Waals surface area contributed by atoms with Crippen molar-refractivity contribution in [1.29, 1.82) is 0 Å². The second-order valence-electron chi connectivity index (χ2n) is 12.7. The molecule has 42 heavy (non-hydrogen) atoms. The van der Waals surface area contributed by atoms with E-state index in [1.807, 2.05) is 44.2 Å². The van der Waals surface area contributed by atoms with Crippen LogP contribution in [0.4, 0.5) is 0 Å². The van der Waals surface area contributed by atoms with Crippen molar-refractivity contribution in [3.05, 3.63) is 69.8 Å². The minimum Gasteiger partial charge on any atom is -0.300 e. The van der Waals surface area contributed by atoms with Gasteiger partial charge in [-0.1, -0.05) is 97.2 Å². The summed E-state index contributed by atoms with van der Waals surface area (Å²) in [5.74, 6) is 0.767. The van der Waals surface area contributed by atoms with E-state index in [9.17, 15) is 19.2 Å². The maximum absolute atomic E-state index is 13.7. The fourth-order valence-corrected chi connectivity index (χ4v) is 6.68. The molecule has 0 amide bonds. The summed E-state index contributed by atoms with van der Waals surface area (Å²) in [4.78, 5) is 51.2. The molecule has 3 atom stereocenters. The monoisotopic (exact) mass is 574 g/mol. The first-order valence-corrected chi connectivity index (χ1v) is 16.2. The van der Waals surface area contributed by atoms with Crippen LogP contribution in [0.3, 0.4) is 0 Å². The summed E-state index contributed by atoms with van der Waals surface area (Å²) in [5.41, 5.74) is 6.06. The van der Waals surface area contributed by atoms with E-state index in [1.54, 1.807) is 0 Å². The highest BCUT2D eigenvalue weighted by Gasteiger charge is 2.34. The number of Topliss-reactive ketones (excluding diaryl/α,β-unsaturated/α-hetero) is 4. The average molecular weight is 575 g/mol. The van der Waals surface area contributed by atoms with Crippen molar-refractivity contribution in [2.24, 2.45) is 17.8 Å². The van der Waals surface area contributed by atoms with E-state index in [4.69, 9.17) is 0 Å². The van der Waals surface area contributed by atoms with Crippen LogP contribution in [0.15, 0.2) is 36.4 Å². The molecular weight excluding hydrogens is 520 g/mol. The summed E-state index contributed by atoms with van der Waals surface area (Å²) in [6, 6.07) is 12.0. The normalized spacial score (nSPS) is 15.8. The summed E-state index contributed by atoms with van der Waals surface area (Å²) in [5, 5.41) is 0. The standard InChI is InChI=1S/C35H46O4.C3H8/c1-7-12-27(30(8-2)33(38)15-23(5)36)16-26-18-32-31(22(3)4)21-28(24(6)35(32)34(39)19-26)20-29(37)17-25-13-10-9-11-14-25;1-3-2/h9-11,13-14,21-22,26-27,30H,7-8,12,15-20H2,1-6H3;3H2,1-2H3. The summed E-state index contributed by atoms with van der Waals surface area (Å²) >= 11 is 0. The molecule has 3 unspecified atom stereocenters. The number of carbonyl (C=O) groups is 4. The lowest BCUT2D eigenvalue weighted by molar-refractivity contribution is -0.130. The topological polar surface area (TPSA) is 68.3 Å². The Kier molecular flexibility index (Phi) is 14.5. The molecular formula is C38H54O4. The first-order chi connectivity index (χ1) is 20.0. The summed E-state index contributed by atoms with van der Waals surface area (Å²) in [6.45, 7) is 16.2. The summed E-state index contributed by atoms with van der Waals surface area (Å²) in [6.07, 6.45) is 6.74. The molecule has 0 saturated heterocycles. The third kappa shape index (κ3) is 9.85. The van der Waals surface area contributed by atoms with Gasteiger partial charge in [0.25, 0.3) is 0 Å². The minimum atomic E-state index is -0.130. The van der Waals surface area contributed by atoms with E-state index < -0.39 is 0 Å². The molecule has 0 saturated carbocycles. The van der Waals surface area contributed by atoms with Gasteiger partial charge in [-0.05, 0) is 78.7 Å². The highest BCUT2D eigenvalue weighted by Crippen LogP contribution is 2.40. The number of carbonyl (C=O) groups excluding carboxylic acids is 4. The van der Waals surface area contributed by atoms with Crippen molar-refractivity contribution in [2.75, 3.05) is 0 Å². The van der Waals surface area contributed by atoms with Crippen molar-refractivity contribution in [3.8, 4) is 0 Å². The Bertz CT molecular complexity index is 1210. The van der Waals surface area contributed by atoms with Crippen molar-refractivity contribution in [1.82, 2.24) is 0 Å². The zero-order valence-corrected chi connectivity index (χ0v) is 27.5. The Morgan fingerprint density at radius 2 is 1.60 bits per heavy atom. The van der Waals surface area contributed by atoms with Crippen LogP contribution in [0.25, 0.3) is 0 Å². The number of hydrogen-bond donors (Lipinski definition) is 0. The van der Waals surface area contributed by atoms with Gasteiger partial charge >= 0.3 is 0 Å². The van der Waals surface area contributed by atoms with Crippen LogP contribution in [-0.2, 0) is 33.6 Å². The lowest BCUT2D eigenvalue weighted by atomic mass is 9.70. The molecule has 1 aliphatic carbocycles. The van der Waals surface area contributed by atoms with Gasteiger partial charge in [-0.2, -0.15) is 0 Å². The second-order valence-corrected chi connectivity index (χ2v) is 12.7. The number of benzene rings is 2. The summed E-state index contributed by atoms with van der Waals surface area (Å²) in [7, 11) is 0.